The highest BCUT2D eigenvalue weighted by atomic mass is 16.7. The van der Waals surface area contributed by atoms with Crippen molar-refractivity contribution in [2.45, 2.75) is 12.6 Å². The summed E-state index contributed by atoms with van der Waals surface area (Å²) < 4.78 is 10.6. The molecule has 0 spiro atoms. The molecule has 1 aliphatic rings. The van der Waals surface area contributed by atoms with Crippen LogP contribution in [0.5, 0.6) is 11.5 Å². The molecule has 0 amide bonds. The fraction of sp³-hybridized carbons (Fsp3) is 0.267. The average Bonchev–Trinajstić information content (AvgIpc) is 2.95. The first kappa shape index (κ1) is 14.3. The molecule has 0 bridgehead atoms. The van der Waals surface area contributed by atoms with Crippen molar-refractivity contribution in [3.63, 3.8) is 0 Å². The van der Waals surface area contributed by atoms with Gasteiger partial charge >= 0.3 is 5.97 Å². The molecule has 2 aromatic rings. The van der Waals surface area contributed by atoms with Gasteiger partial charge < -0.3 is 14.6 Å². The van der Waals surface area contributed by atoms with Crippen LogP contribution in [0.3, 0.4) is 0 Å². The number of hydrogen-bond donors (Lipinski definition) is 1. The molecule has 3 rings (SSSR count). The topological polar surface area (TPSA) is 84.8 Å². The van der Waals surface area contributed by atoms with E-state index in [1.54, 1.807) is 48.7 Å². The van der Waals surface area contributed by atoms with Crippen molar-refractivity contribution >= 4 is 5.97 Å². The Kier molecular flexibility index (Phi) is 3.88. The number of aliphatic carboxylic acids is 1. The lowest BCUT2D eigenvalue weighted by Gasteiger charge is -2.24. The Morgan fingerprint density at radius 3 is 2.91 bits per heavy atom. The second kappa shape index (κ2) is 5.98. The summed E-state index contributed by atoms with van der Waals surface area (Å²) in [5.41, 5.74) is 1.33. The molecule has 0 aliphatic carbocycles. The van der Waals surface area contributed by atoms with Gasteiger partial charge in [0, 0.05) is 25.1 Å². The predicted molar refractivity (Wildman–Crippen MR) is 76.4 cm³/mol. The minimum Gasteiger partial charge on any atom is -0.480 e. The third kappa shape index (κ3) is 2.84. The van der Waals surface area contributed by atoms with Gasteiger partial charge in [-0.1, -0.05) is 6.07 Å². The van der Waals surface area contributed by atoms with E-state index in [9.17, 15) is 9.90 Å². The zero-order chi connectivity index (χ0) is 15.5. The predicted octanol–water partition coefficient (Wildman–Crippen LogP) is 1.46. The highest BCUT2D eigenvalue weighted by Gasteiger charge is 2.27. The number of carbonyl (C=O) groups is 1. The van der Waals surface area contributed by atoms with Gasteiger partial charge in [0.2, 0.25) is 6.79 Å². The molecule has 1 atom stereocenters. The van der Waals surface area contributed by atoms with Crippen LogP contribution in [0.2, 0.25) is 0 Å². The Morgan fingerprint density at radius 1 is 1.36 bits per heavy atom. The van der Waals surface area contributed by atoms with Crippen molar-refractivity contribution in [3.8, 4) is 11.5 Å². The van der Waals surface area contributed by atoms with Crippen molar-refractivity contribution in [1.82, 2.24) is 14.9 Å². The standard InChI is InChI=1S/C15H15N3O4/c1-18(8-11-7-16-4-5-17-11)14(15(19)20)10-2-3-12-13(6-10)22-9-21-12/h2-7,14H,8-9H2,1H3,(H,19,20). The van der Waals surface area contributed by atoms with Gasteiger partial charge in [0.1, 0.15) is 6.04 Å². The smallest absolute Gasteiger partial charge is 0.325 e. The average molecular weight is 301 g/mol. The lowest BCUT2D eigenvalue weighted by atomic mass is 10.0. The molecule has 0 fully saturated rings. The summed E-state index contributed by atoms with van der Waals surface area (Å²) in [5.74, 6) is 0.256. The van der Waals surface area contributed by atoms with Gasteiger partial charge in [-0.2, -0.15) is 0 Å². The van der Waals surface area contributed by atoms with Gasteiger partial charge in [-0.3, -0.25) is 19.7 Å². The molecule has 114 valence electrons. The second-order valence-corrected chi connectivity index (χ2v) is 4.97. The summed E-state index contributed by atoms with van der Waals surface area (Å²) in [6, 6.07) is 4.36. The number of rotatable bonds is 5. The maximum absolute atomic E-state index is 11.7. The highest BCUT2D eigenvalue weighted by Crippen LogP contribution is 2.35. The number of likely N-dealkylation sites (N-methyl/N-ethyl adjacent to an activating group) is 1. The molecule has 22 heavy (non-hydrogen) atoms. The SMILES string of the molecule is CN(Cc1cnccn1)C(C(=O)O)c1ccc2c(c1)OCO2. The van der Waals surface area contributed by atoms with E-state index in [1.807, 2.05) is 0 Å². The Hall–Kier alpha value is -2.67. The van der Waals surface area contributed by atoms with Crippen LogP contribution in [-0.4, -0.2) is 39.8 Å². The monoisotopic (exact) mass is 301 g/mol. The number of hydrogen-bond acceptors (Lipinski definition) is 6. The van der Waals surface area contributed by atoms with Gasteiger partial charge in [-0.25, -0.2) is 0 Å². The fourth-order valence-corrected chi connectivity index (χ4v) is 2.43. The zero-order valence-corrected chi connectivity index (χ0v) is 12.0. The fourth-order valence-electron chi connectivity index (χ4n) is 2.43. The maximum atomic E-state index is 11.7. The maximum Gasteiger partial charge on any atom is 0.325 e. The molecule has 1 aliphatic heterocycles. The number of ether oxygens (including phenoxy) is 2. The van der Waals surface area contributed by atoms with E-state index in [0.29, 0.717) is 29.3 Å². The van der Waals surface area contributed by atoms with Gasteiger partial charge in [-0.05, 0) is 24.7 Å². The lowest BCUT2D eigenvalue weighted by molar-refractivity contribution is -0.143. The third-order valence-corrected chi connectivity index (χ3v) is 3.42. The van der Waals surface area contributed by atoms with E-state index in [2.05, 4.69) is 9.97 Å². The molecule has 0 saturated carbocycles. The van der Waals surface area contributed by atoms with Crippen molar-refractivity contribution in [3.05, 3.63) is 48.0 Å². The summed E-state index contributed by atoms with van der Waals surface area (Å²) in [4.78, 5) is 21.5. The van der Waals surface area contributed by atoms with Gasteiger partial charge in [0.15, 0.2) is 11.5 Å². The quantitative estimate of drug-likeness (QED) is 0.895. The van der Waals surface area contributed by atoms with Crippen LogP contribution < -0.4 is 9.47 Å². The minimum absolute atomic E-state index is 0.159. The number of benzene rings is 1. The molecule has 7 nitrogen and oxygen atoms in total. The molecular weight excluding hydrogens is 286 g/mol. The Balaban J connectivity index is 1.84. The second-order valence-electron chi connectivity index (χ2n) is 4.97. The largest absolute Gasteiger partial charge is 0.480 e. The van der Waals surface area contributed by atoms with Crippen LogP contribution in [0, 0.1) is 0 Å². The van der Waals surface area contributed by atoms with Gasteiger partial charge in [-0.15, -0.1) is 0 Å². The number of aromatic nitrogens is 2. The van der Waals surface area contributed by atoms with Crippen LogP contribution in [0.4, 0.5) is 0 Å². The first-order valence-electron chi connectivity index (χ1n) is 6.72. The first-order chi connectivity index (χ1) is 10.6. The van der Waals surface area contributed by atoms with Crippen LogP contribution in [0.15, 0.2) is 36.8 Å². The van der Waals surface area contributed by atoms with E-state index in [0.717, 1.165) is 0 Å². The van der Waals surface area contributed by atoms with Crippen molar-refractivity contribution in [2.24, 2.45) is 0 Å². The summed E-state index contributed by atoms with van der Waals surface area (Å²) in [7, 11) is 1.73. The first-order valence-corrected chi connectivity index (χ1v) is 6.72. The van der Waals surface area contributed by atoms with E-state index in [1.165, 1.54) is 0 Å². The van der Waals surface area contributed by atoms with Crippen LogP contribution in [0.1, 0.15) is 17.3 Å². The Morgan fingerprint density at radius 2 is 2.18 bits per heavy atom. The Bertz CT molecular complexity index is 678. The minimum atomic E-state index is -0.940. The summed E-state index contributed by atoms with van der Waals surface area (Å²) >= 11 is 0. The third-order valence-electron chi connectivity index (χ3n) is 3.42. The molecule has 1 aromatic heterocycles. The molecular formula is C15H15N3O4. The van der Waals surface area contributed by atoms with E-state index in [4.69, 9.17) is 9.47 Å². The summed E-state index contributed by atoms with van der Waals surface area (Å²) in [6.45, 7) is 0.533. The van der Waals surface area contributed by atoms with Crippen molar-refractivity contribution in [2.75, 3.05) is 13.8 Å². The van der Waals surface area contributed by atoms with Crippen molar-refractivity contribution < 1.29 is 19.4 Å². The molecule has 2 heterocycles. The van der Waals surface area contributed by atoms with Gasteiger partial charge in [0.25, 0.3) is 0 Å². The number of carboxylic acid groups (broad SMARTS) is 1. The molecule has 1 unspecified atom stereocenters. The summed E-state index contributed by atoms with van der Waals surface area (Å²) in [6.07, 6.45) is 4.78. The lowest BCUT2D eigenvalue weighted by Crippen LogP contribution is -2.30. The zero-order valence-electron chi connectivity index (χ0n) is 12.0. The highest BCUT2D eigenvalue weighted by molar-refractivity contribution is 5.76. The molecule has 7 heteroatoms. The summed E-state index contributed by atoms with van der Waals surface area (Å²) in [5, 5.41) is 9.57. The van der Waals surface area contributed by atoms with Gasteiger partial charge in [0.05, 0.1) is 5.69 Å². The van der Waals surface area contributed by atoms with Crippen LogP contribution >= 0.6 is 0 Å². The molecule has 1 N–H and O–H groups in total. The van der Waals surface area contributed by atoms with E-state index < -0.39 is 12.0 Å². The molecule has 1 aromatic carbocycles. The van der Waals surface area contributed by atoms with Crippen molar-refractivity contribution in [1.29, 1.82) is 0 Å². The Labute approximate surface area is 127 Å². The number of fused-ring (bicyclic) bond motifs is 1. The van der Waals surface area contributed by atoms with E-state index in [-0.39, 0.29) is 6.79 Å². The molecule has 0 radical (unpaired) electrons. The van der Waals surface area contributed by atoms with Crippen LogP contribution in [0.25, 0.3) is 0 Å². The number of carboxylic acids is 1. The normalized spacial score (nSPS) is 14.1. The number of nitrogens with zero attached hydrogens (tertiary/aromatic N) is 3. The van der Waals surface area contributed by atoms with Crippen LogP contribution in [-0.2, 0) is 11.3 Å². The van der Waals surface area contributed by atoms with E-state index >= 15 is 0 Å². The molecule has 0 saturated heterocycles.